The van der Waals surface area contributed by atoms with Crippen molar-refractivity contribution in [1.82, 2.24) is 19.9 Å². The van der Waals surface area contributed by atoms with E-state index in [1.54, 1.807) is 12.1 Å². The van der Waals surface area contributed by atoms with E-state index < -0.39 is 11.9 Å². The number of carbonyl (C=O) groups excluding carboxylic acids is 2. The molecule has 3 rings (SSSR count). The normalized spacial score (nSPS) is 10.9. The van der Waals surface area contributed by atoms with Crippen LogP contribution in [0.3, 0.4) is 0 Å². The molecule has 0 fully saturated rings. The number of nitrogen functional groups attached to an aromatic ring is 2. The van der Waals surface area contributed by atoms with Gasteiger partial charge in [-0.25, -0.2) is 23.9 Å². The number of nitrogens with zero attached hydrogens (tertiary/aromatic N) is 4. The summed E-state index contributed by atoms with van der Waals surface area (Å²) in [6, 6.07) is 5.30. The van der Waals surface area contributed by atoms with Gasteiger partial charge in [0, 0.05) is 6.07 Å². The minimum absolute atomic E-state index is 0.0420. The zero-order valence-electron chi connectivity index (χ0n) is 16.2. The van der Waals surface area contributed by atoms with Gasteiger partial charge >= 0.3 is 5.97 Å². The molecular formula is C18H21ClN7O3+. The summed E-state index contributed by atoms with van der Waals surface area (Å²) in [6.45, 7) is 2.84. The Morgan fingerprint density at radius 2 is 2.00 bits per heavy atom. The first kappa shape index (κ1) is 20.3. The molecule has 0 aliphatic rings. The number of hydrogen-bond acceptors (Lipinski definition) is 7. The molecule has 0 bridgehead atoms. The fourth-order valence-corrected chi connectivity index (χ4v) is 3.27. The van der Waals surface area contributed by atoms with Crippen LogP contribution in [-0.2, 0) is 24.9 Å². The van der Waals surface area contributed by atoms with E-state index in [-0.39, 0.29) is 29.0 Å². The fraction of sp³-hybridized carbons (Fsp3) is 0.278. The van der Waals surface area contributed by atoms with Gasteiger partial charge in [-0.15, -0.1) is 0 Å². The zero-order valence-corrected chi connectivity index (χ0v) is 16.9. The molecule has 0 unspecified atom stereocenters. The van der Waals surface area contributed by atoms with Crippen LogP contribution in [0.2, 0.25) is 5.15 Å². The third kappa shape index (κ3) is 3.66. The lowest BCUT2D eigenvalue weighted by Crippen LogP contribution is -2.40. The van der Waals surface area contributed by atoms with Gasteiger partial charge in [-0.05, 0) is 19.1 Å². The third-order valence-corrected chi connectivity index (χ3v) is 4.87. The maximum atomic E-state index is 12.5. The number of amides is 1. The largest absolute Gasteiger partial charge is 0.465 e. The molecule has 10 nitrogen and oxygen atoms in total. The summed E-state index contributed by atoms with van der Waals surface area (Å²) in [5.41, 5.74) is 13.4. The van der Waals surface area contributed by atoms with Crippen molar-refractivity contribution in [3.63, 3.8) is 0 Å². The summed E-state index contributed by atoms with van der Waals surface area (Å²) in [5, 5.41) is 2.68. The Balaban J connectivity index is 1.93. The maximum absolute atomic E-state index is 12.5. The van der Waals surface area contributed by atoms with Gasteiger partial charge in [0.2, 0.25) is 0 Å². The second-order valence-corrected chi connectivity index (χ2v) is 6.59. The van der Waals surface area contributed by atoms with Gasteiger partial charge in [0.25, 0.3) is 11.7 Å². The number of hydrogen-bond donors (Lipinski definition) is 3. The zero-order chi connectivity index (χ0) is 21.3. The number of anilines is 2. The number of halogens is 1. The predicted octanol–water partition coefficient (Wildman–Crippen LogP) is 0.810. The average molecular weight is 419 g/mol. The molecule has 152 valence electrons. The maximum Gasteiger partial charge on any atom is 0.338 e. The van der Waals surface area contributed by atoms with E-state index in [0.29, 0.717) is 12.1 Å². The Morgan fingerprint density at radius 1 is 1.28 bits per heavy atom. The smallest absolute Gasteiger partial charge is 0.338 e. The lowest BCUT2D eigenvalue weighted by molar-refractivity contribution is -0.676. The number of imidazole rings is 1. The summed E-state index contributed by atoms with van der Waals surface area (Å²) in [7, 11) is 3.19. The summed E-state index contributed by atoms with van der Waals surface area (Å²) in [4.78, 5) is 32.1. The van der Waals surface area contributed by atoms with Crippen LogP contribution >= 0.6 is 11.6 Å². The number of nitrogens with one attached hydrogen (secondary N) is 1. The average Bonchev–Trinajstić information content (AvgIpc) is 2.98. The van der Waals surface area contributed by atoms with Gasteiger partial charge in [-0.1, -0.05) is 11.6 Å². The molecule has 11 heteroatoms. The van der Waals surface area contributed by atoms with Crippen LogP contribution in [0.1, 0.15) is 33.6 Å². The van der Waals surface area contributed by atoms with Crippen molar-refractivity contribution in [3.8, 4) is 0 Å². The topological polar surface area (TPSA) is 142 Å². The van der Waals surface area contributed by atoms with Gasteiger partial charge in [-0.2, -0.15) is 0 Å². The SMILES string of the molecule is CC[n+]1c(CNC(=O)c2nc(Cl)c(N)nc2N)n(C)c2cc(C(=O)OC)ccc21. The molecule has 5 N–H and O–H groups in total. The van der Waals surface area contributed by atoms with Crippen molar-refractivity contribution in [1.29, 1.82) is 0 Å². The first-order valence-electron chi connectivity index (χ1n) is 8.74. The molecular weight excluding hydrogens is 398 g/mol. The van der Waals surface area contributed by atoms with Crippen molar-refractivity contribution >= 4 is 46.1 Å². The Morgan fingerprint density at radius 3 is 2.66 bits per heavy atom. The van der Waals surface area contributed by atoms with Crippen molar-refractivity contribution in [3.05, 3.63) is 40.4 Å². The number of ether oxygens (including phenoxy) is 1. The van der Waals surface area contributed by atoms with Crippen molar-refractivity contribution in [2.45, 2.75) is 20.0 Å². The Kier molecular flexibility index (Phi) is 5.55. The summed E-state index contributed by atoms with van der Waals surface area (Å²) in [5.74, 6) is -0.279. The monoisotopic (exact) mass is 418 g/mol. The molecule has 0 radical (unpaired) electrons. The van der Waals surface area contributed by atoms with Gasteiger partial charge < -0.3 is 21.5 Å². The van der Waals surface area contributed by atoms with Gasteiger partial charge in [0.1, 0.15) is 6.54 Å². The van der Waals surface area contributed by atoms with Crippen molar-refractivity contribution in [2.24, 2.45) is 7.05 Å². The van der Waals surface area contributed by atoms with Crippen LogP contribution in [0.25, 0.3) is 11.0 Å². The van der Waals surface area contributed by atoms with E-state index >= 15 is 0 Å². The first-order chi connectivity index (χ1) is 13.8. The van der Waals surface area contributed by atoms with Crippen molar-refractivity contribution < 1.29 is 18.9 Å². The fourth-order valence-electron chi connectivity index (χ4n) is 3.14. The van der Waals surface area contributed by atoms with E-state index in [1.165, 1.54) is 7.11 Å². The molecule has 0 saturated heterocycles. The van der Waals surface area contributed by atoms with Crippen LogP contribution in [0.5, 0.6) is 0 Å². The molecule has 1 amide bonds. The van der Waals surface area contributed by atoms with E-state index in [0.717, 1.165) is 16.9 Å². The standard InChI is InChI=1S/C18H20ClN7O3/c1-4-26-10-6-5-9(18(28)29-3)7-11(10)25(2)12(26)8-22-17(27)13-15(20)24-16(21)14(19)23-13/h5-7H,4,8H2,1-3H3,(H4-,20,21,22,24,27)/p+1. The Bertz CT molecular complexity index is 1130. The molecule has 2 heterocycles. The van der Waals surface area contributed by atoms with Crippen LogP contribution in [0.4, 0.5) is 11.6 Å². The summed E-state index contributed by atoms with van der Waals surface area (Å²) in [6.07, 6.45) is 0. The van der Waals surface area contributed by atoms with E-state index in [4.69, 9.17) is 27.8 Å². The number of carbonyl (C=O) groups is 2. The highest BCUT2D eigenvalue weighted by molar-refractivity contribution is 6.31. The molecule has 0 atom stereocenters. The van der Waals surface area contributed by atoms with Gasteiger partial charge in [0.05, 0.1) is 26.3 Å². The van der Waals surface area contributed by atoms with E-state index in [2.05, 4.69) is 15.3 Å². The first-order valence-corrected chi connectivity index (χ1v) is 9.12. The number of fused-ring (bicyclic) bond motifs is 1. The summed E-state index contributed by atoms with van der Waals surface area (Å²) >= 11 is 5.85. The molecule has 0 aliphatic carbocycles. The molecule has 2 aromatic heterocycles. The minimum atomic E-state index is -0.528. The second kappa shape index (κ2) is 7.92. The van der Waals surface area contributed by atoms with Crippen LogP contribution in [-0.4, -0.2) is 33.5 Å². The molecule has 29 heavy (non-hydrogen) atoms. The highest BCUT2D eigenvalue weighted by Gasteiger charge is 2.24. The molecule has 0 saturated carbocycles. The Hall–Kier alpha value is -3.40. The lowest BCUT2D eigenvalue weighted by atomic mass is 10.2. The third-order valence-electron chi connectivity index (χ3n) is 4.59. The predicted molar refractivity (Wildman–Crippen MR) is 107 cm³/mol. The number of aromatic nitrogens is 4. The number of aryl methyl sites for hydroxylation is 2. The van der Waals surface area contributed by atoms with Crippen LogP contribution in [0.15, 0.2) is 18.2 Å². The number of esters is 1. The van der Waals surface area contributed by atoms with Crippen molar-refractivity contribution in [2.75, 3.05) is 18.6 Å². The van der Waals surface area contributed by atoms with Crippen LogP contribution in [0, 0.1) is 0 Å². The van der Waals surface area contributed by atoms with Gasteiger partial charge in [-0.3, -0.25) is 4.79 Å². The number of benzene rings is 1. The molecule has 0 spiro atoms. The van der Waals surface area contributed by atoms with E-state index in [9.17, 15) is 9.59 Å². The highest BCUT2D eigenvalue weighted by Crippen LogP contribution is 2.18. The minimum Gasteiger partial charge on any atom is -0.465 e. The van der Waals surface area contributed by atoms with Crippen LogP contribution < -0.4 is 21.4 Å². The highest BCUT2D eigenvalue weighted by atomic mass is 35.5. The number of methoxy groups -OCH3 is 1. The van der Waals surface area contributed by atoms with Gasteiger partial charge in [0.15, 0.2) is 33.5 Å². The summed E-state index contributed by atoms with van der Waals surface area (Å²) < 4.78 is 8.72. The van der Waals surface area contributed by atoms with E-state index in [1.807, 2.05) is 29.2 Å². The number of rotatable bonds is 5. The molecule has 3 aromatic rings. The number of nitrogens with two attached hydrogens (primary N) is 2. The molecule has 0 aliphatic heterocycles. The second-order valence-electron chi connectivity index (χ2n) is 6.23. The molecule has 1 aromatic carbocycles. The quantitative estimate of drug-likeness (QED) is 0.411. The Labute approximate surface area is 171 Å². The lowest BCUT2D eigenvalue weighted by Gasteiger charge is -2.07.